The summed E-state index contributed by atoms with van der Waals surface area (Å²) in [6.07, 6.45) is 4.67. The number of rotatable bonds is 7. The van der Waals surface area contributed by atoms with E-state index in [1.807, 2.05) is 6.92 Å². The second kappa shape index (κ2) is 8.24. The fourth-order valence-electron chi connectivity index (χ4n) is 2.82. The highest BCUT2D eigenvalue weighted by Gasteiger charge is 2.18. The van der Waals surface area contributed by atoms with Crippen LogP contribution in [0.1, 0.15) is 73.4 Å². The molecule has 1 saturated heterocycles. The van der Waals surface area contributed by atoms with Gasteiger partial charge in [-0.2, -0.15) is 4.98 Å². The van der Waals surface area contributed by atoms with E-state index in [1.165, 1.54) is 19.3 Å². The Morgan fingerprint density at radius 1 is 1.28 bits per heavy atom. The van der Waals surface area contributed by atoms with Crippen molar-refractivity contribution in [2.24, 2.45) is 0 Å². The lowest BCUT2D eigenvalue weighted by molar-refractivity contribution is 0.0909. The molecule has 25 heavy (non-hydrogen) atoms. The molecule has 3 rings (SSSR count). The molecule has 2 aromatic rings. The van der Waals surface area contributed by atoms with E-state index in [1.54, 1.807) is 6.07 Å². The molecule has 0 aliphatic carbocycles. The van der Waals surface area contributed by atoms with Gasteiger partial charge in [0.25, 0.3) is 5.91 Å². The molecule has 1 N–H and O–H groups in total. The Hall–Kier alpha value is -2.22. The van der Waals surface area contributed by atoms with Gasteiger partial charge in [0.15, 0.2) is 5.82 Å². The number of hydrogen-bond donors (Lipinski definition) is 1. The minimum absolute atomic E-state index is 0.172. The number of carbonyl (C=O) groups is 1. The molecule has 1 atom stereocenters. The third-order valence-corrected chi connectivity index (χ3v) is 4.59. The van der Waals surface area contributed by atoms with Crippen LogP contribution in [-0.2, 0) is 13.1 Å². The molecule has 8 heteroatoms. The fraction of sp³-hybridized carbons (Fsp3) is 0.647. The predicted octanol–water partition coefficient (Wildman–Crippen LogP) is 2.49. The third kappa shape index (κ3) is 4.66. The van der Waals surface area contributed by atoms with Crippen molar-refractivity contribution in [1.29, 1.82) is 0 Å². The summed E-state index contributed by atoms with van der Waals surface area (Å²) < 4.78 is 10.3. The predicted molar refractivity (Wildman–Crippen MR) is 89.8 cm³/mol. The lowest BCUT2D eigenvalue weighted by Crippen LogP contribution is -2.29. The van der Waals surface area contributed by atoms with Gasteiger partial charge >= 0.3 is 0 Å². The smallest absolute Gasteiger partial charge is 0.290 e. The molecule has 1 unspecified atom stereocenters. The van der Waals surface area contributed by atoms with Crippen molar-refractivity contribution in [3.63, 3.8) is 0 Å². The Balaban J connectivity index is 1.49. The number of aromatic nitrogens is 3. The van der Waals surface area contributed by atoms with E-state index in [-0.39, 0.29) is 24.1 Å². The topological polar surface area (TPSA) is 97.3 Å². The van der Waals surface area contributed by atoms with Gasteiger partial charge in [-0.3, -0.25) is 9.69 Å². The van der Waals surface area contributed by atoms with Crippen LogP contribution in [0.2, 0.25) is 0 Å². The van der Waals surface area contributed by atoms with Crippen LogP contribution in [0.15, 0.2) is 15.1 Å². The number of nitrogens with one attached hydrogen (secondary N) is 1. The van der Waals surface area contributed by atoms with Crippen molar-refractivity contribution in [2.45, 2.75) is 58.5 Å². The maximum atomic E-state index is 12.1. The van der Waals surface area contributed by atoms with Crippen molar-refractivity contribution in [3.05, 3.63) is 29.2 Å². The molecule has 0 bridgehead atoms. The number of piperidine rings is 1. The largest absolute Gasteiger partial charge is 0.351 e. The van der Waals surface area contributed by atoms with Crippen molar-refractivity contribution in [2.75, 3.05) is 13.1 Å². The van der Waals surface area contributed by atoms with Gasteiger partial charge in [0.2, 0.25) is 11.7 Å². The zero-order valence-electron chi connectivity index (χ0n) is 14.8. The molecule has 0 aromatic carbocycles. The van der Waals surface area contributed by atoms with Gasteiger partial charge in [-0.15, -0.1) is 0 Å². The second-order valence-electron chi connectivity index (χ2n) is 6.55. The van der Waals surface area contributed by atoms with E-state index in [2.05, 4.69) is 32.4 Å². The molecule has 1 amide bonds. The quantitative estimate of drug-likeness (QED) is 0.821. The third-order valence-electron chi connectivity index (χ3n) is 4.59. The Bertz CT molecular complexity index is 690. The number of carbonyl (C=O) groups excluding carboxylic acids is 1. The molecule has 1 fully saturated rings. The average molecular weight is 347 g/mol. The first kappa shape index (κ1) is 17.6. The molecule has 2 aromatic heterocycles. The SMILES string of the molecule is CCC(C)c1cc(C(=O)NCc2nc(CN3CCCCC3)no2)on1. The molecule has 8 nitrogen and oxygen atoms in total. The molecule has 0 radical (unpaired) electrons. The Morgan fingerprint density at radius 3 is 2.84 bits per heavy atom. The summed E-state index contributed by atoms with van der Waals surface area (Å²) in [6, 6.07) is 1.68. The Kier molecular flexibility index (Phi) is 5.80. The lowest BCUT2D eigenvalue weighted by Gasteiger charge is -2.24. The van der Waals surface area contributed by atoms with Gasteiger partial charge < -0.3 is 14.4 Å². The molecule has 136 valence electrons. The molecule has 3 heterocycles. The summed E-state index contributed by atoms with van der Waals surface area (Å²) in [5, 5.41) is 10.6. The normalized spacial score (nSPS) is 16.7. The molecular formula is C17H25N5O3. The highest BCUT2D eigenvalue weighted by molar-refractivity contribution is 5.91. The van der Waals surface area contributed by atoms with Crippen LogP contribution >= 0.6 is 0 Å². The minimum atomic E-state index is -0.335. The van der Waals surface area contributed by atoms with Gasteiger partial charge in [-0.05, 0) is 32.4 Å². The van der Waals surface area contributed by atoms with Crippen LogP contribution in [0.5, 0.6) is 0 Å². The van der Waals surface area contributed by atoms with Crippen LogP contribution < -0.4 is 5.32 Å². The zero-order chi connectivity index (χ0) is 17.6. The van der Waals surface area contributed by atoms with Gasteiger partial charge in [-0.1, -0.05) is 30.6 Å². The molecule has 1 aliphatic heterocycles. The Labute approximate surface area is 146 Å². The number of hydrogen-bond acceptors (Lipinski definition) is 7. The summed E-state index contributed by atoms with van der Waals surface area (Å²) >= 11 is 0. The molecule has 0 saturated carbocycles. The first-order valence-electron chi connectivity index (χ1n) is 8.94. The van der Waals surface area contributed by atoms with Crippen molar-refractivity contribution >= 4 is 5.91 Å². The maximum Gasteiger partial charge on any atom is 0.290 e. The van der Waals surface area contributed by atoms with Crippen LogP contribution in [0.25, 0.3) is 0 Å². The summed E-state index contributed by atoms with van der Waals surface area (Å²) in [6.45, 7) is 7.12. The summed E-state index contributed by atoms with van der Waals surface area (Å²) in [4.78, 5) is 18.8. The van der Waals surface area contributed by atoms with Gasteiger partial charge in [0, 0.05) is 12.0 Å². The fourth-order valence-corrected chi connectivity index (χ4v) is 2.82. The second-order valence-corrected chi connectivity index (χ2v) is 6.55. The van der Waals surface area contributed by atoms with Crippen LogP contribution in [0.4, 0.5) is 0 Å². The average Bonchev–Trinajstić information content (AvgIpc) is 3.29. The zero-order valence-corrected chi connectivity index (χ0v) is 14.8. The summed E-state index contributed by atoms with van der Waals surface area (Å²) in [5.74, 6) is 1.17. The monoisotopic (exact) mass is 347 g/mol. The van der Waals surface area contributed by atoms with Gasteiger partial charge in [0.05, 0.1) is 18.8 Å². The number of likely N-dealkylation sites (tertiary alicyclic amines) is 1. The first-order valence-corrected chi connectivity index (χ1v) is 8.94. The number of amides is 1. The minimum Gasteiger partial charge on any atom is -0.351 e. The van der Waals surface area contributed by atoms with E-state index in [9.17, 15) is 4.79 Å². The molecule has 1 aliphatic rings. The van der Waals surface area contributed by atoms with Gasteiger partial charge in [-0.25, -0.2) is 0 Å². The first-order chi connectivity index (χ1) is 12.2. The Morgan fingerprint density at radius 2 is 2.08 bits per heavy atom. The summed E-state index contributed by atoms with van der Waals surface area (Å²) in [7, 11) is 0. The van der Waals surface area contributed by atoms with E-state index >= 15 is 0 Å². The lowest BCUT2D eigenvalue weighted by atomic mass is 10.1. The van der Waals surface area contributed by atoms with Crippen molar-refractivity contribution < 1.29 is 13.8 Å². The highest BCUT2D eigenvalue weighted by Crippen LogP contribution is 2.18. The van der Waals surface area contributed by atoms with E-state index in [0.717, 1.165) is 25.2 Å². The van der Waals surface area contributed by atoms with Crippen molar-refractivity contribution in [3.8, 4) is 0 Å². The van der Waals surface area contributed by atoms with Crippen LogP contribution in [-0.4, -0.2) is 39.2 Å². The van der Waals surface area contributed by atoms with E-state index in [0.29, 0.717) is 18.3 Å². The van der Waals surface area contributed by atoms with Gasteiger partial charge in [0.1, 0.15) is 0 Å². The van der Waals surface area contributed by atoms with E-state index < -0.39 is 0 Å². The van der Waals surface area contributed by atoms with Crippen molar-refractivity contribution in [1.82, 2.24) is 25.5 Å². The number of nitrogens with zero attached hydrogens (tertiary/aromatic N) is 4. The standard InChI is InChI=1S/C17H25N5O3/c1-3-12(2)13-9-14(24-20-13)17(23)18-10-16-19-15(21-25-16)11-22-7-5-4-6-8-22/h9,12H,3-8,10-11H2,1-2H3,(H,18,23). The molecule has 0 spiro atoms. The maximum absolute atomic E-state index is 12.1. The van der Waals surface area contributed by atoms with E-state index in [4.69, 9.17) is 9.05 Å². The summed E-state index contributed by atoms with van der Waals surface area (Å²) in [5.41, 5.74) is 0.786. The van der Waals surface area contributed by atoms with Crippen LogP contribution in [0.3, 0.4) is 0 Å². The highest BCUT2D eigenvalue weighted by atomic mass is 16.5. The van der Waals surface area contributed by atoms with Crippen LogP contribution in [0, 0.1) is 0 Å². The molecular weight excluding hydrogens is 322 g/mol.